The second-order valence-electron chi connectivity index (χ2n) is 8.14. The van der Waals surface area contributed by atoms with E-state index >= 15 is 0 Å². The summed E-state index contributed by atoms with van der Waals surface area (Å²) in [7, 11) is 0. The molecule has 4 heterocycles. The van der Waals surface area contributed by atoms with E-state index < -0.39 is 12.0 Å². The highest BCUT2D eigenvalue weighted by atomic mass is 16.5. The Morgan fingerprint density at radius 2 is 2.15 bits per heavy atom. The molecule has 0 bridgehead atoms. The molecule has 8 heteroatoms. The minimum Gasteiger partial charge on any atom is -0.493 e. The van der Waals surface area contributed by atoms with Crippen LogP contribution in [0.4, 0.5) is 5.69 Å². The number of benzene rings is 1. The Morgan fingerprint density at radius 1 is 1.21 bits per heavy atom. The van der Waals surface area contributed by atoms with E-state index in [4.69, 9.17) is 9.72 Å². The standard InChI is InChI=1S/C25H25N5O3/c31-25(32)14-24(17-3-1-10-26-15-17)30-23-8-6-20(13-18(23)16-28-30)33-12-9-19-5-7-21-22(29-19)4-2-11-27-21/h1,3,5-8,10,13,15-16,24,27H,2,4,9,11-12,14H2,(H,31,32). The van der Waals surface area contributed by atoms with Gasteiger partial charge in [0, 0.05) is 36.4 Å². The molecule has 0 radical (unpaired) electrons. The zero-order chi connectivity index (χ0) is 22.6. The lowest BCUT2D eigenvalue weighted by Gasteiger charge is -2.17. The zero-order valence-electron chi connectivity index (χ0n) is 18.1. The number of carbonyl (C=O) groups is 1. The van der Waals surface area contributed by atoms with Gasteiger partial charge < -0.3 is 15.2 Å². The number of hydrogen-bond acceptors (Lipinski definition) is 6. The van der Waals surface area contributed by atoms with Crippen molar-refractivity contribution in [3.8, 4) is 5.75 Å². The number of aryl methyl sites for hydroxylation is 1. The molecule has 0 saturated carbocycles. The number of hydrogen-bond donors (Lipinski definition) is 2. The summed E-state index contributed by atoms with van der Waals surface area (Å²) in [6, 6.07) is 13.1. The highest BCUT2D eigenvalue weighted by molar-refractivity contribution is 5.81. The summed E-state index contributed by atoms with van der Waals surface area (Å²) in [6.07, 6.45) is 7.87. The van der Waals surface area contributed by atoms with Gasteiger partial charge in [-0.2, -0.15) is 5.10 Å². The lowest BCUT2D eigenvalue weighted by Crippen LogP contribution is -2.16. The van der Waals surface area contributed by atoms with Crippen LogP contribution < -0.4 is 10.1 Å². The van der Waals surface area contributed by atoms with E-state index in [0.717, 1.165) is 65.1 Å². The largest absolute Gasteiger partial charge is 0.493 e. The van der Waals surface area contributed by atoms with Crippen molar-refractivity contribution in [1.82, 2.24) is 19.7 Å². The monoisotopic (exact) mass is 443 g/mol. The highest BCUT2D eigenvalue weighted by Crippen LogP contribution is 2.28. The molecule has 8 nitrogen and oxygen atoms in total. The number of rotatable bonds is 8. The number of carboxylic acid groups (broad SMARTS) is 1. The molecule has 33 heavy (non-hydrogen) atoms. The SMILES string of the molecule is O=C(O)CC(c1cccnc1)n1ncc2cc(OCCc3ccc4c(n3)CCCN4)ccc21. The van der Waals surface area contributed by atoms with Crippen molar-refractivity contribution >= 4 is 22.6 Å². The van der Waals surface area contributed by atoms with Crippen molar-refractivity contribution in [3.63, 3.8) is 0 Å². The third-order valence-electron chi connectivity index (χ3n) is 5.86. The van der Waals surface area contributed by atoms with Crippen LogP contribution in [0.5, 0.6) is 5.75 Å². The summed E-state index contributed by atoms with van der Waals surface area (Å²) in [6.45, 7) is 1.53. The normalized spacial score (nSPS) is 13.8. The molecule has 4 aromatic rings. The smallest absolute Gasteiger partial charge is 0.305 e. The molecule has 1 aromatic carbocycles. The summed E-state index contributed by atoms with van der Waals surface area (Å²) in [5.41, 5.74) is 4.96. The predicted molar refractivity (Wildman–Crippen MR) is 125 cm³/mol. The molecular weight excluding hydrogens is 418 g/mol. The van der Waals surface area contributed by atoms with E-state index in [0.29, 0.717) is 6.61 Å². The Labute approximate surface area is 191 Å². The Balaban J connectivity index is 1.30. The molecule has 168 valence electrons. The maximum atomic E-state index is 11.5. The molecule has 0 saturated heterocycles. The number of fused-ring (bicyclic) bond motifs is 2. The van der Waals surface area contributed by atoms with Crippen LogP contribution in [0.2, 0.25) is 0 Å². The Hall–Kier alpha value is -3.94. The molecule has 0 aliphatic carbocycles. The Morgan fingerprint density at radius 3 is 3.00 bits per heavy atom. The first-order chi connectivity index (χ1) is 16.2. The molecule has 0 amide bonds. The first-order valence-corrected chi connectivity index (χ1v) is 11.1. The number of anilines is 1. The van der Waals surface area contributed by atoms with E-state index in [1.807, 2.05) is 24.3 Å². The van der Waals surface area contributed by atoms with Gasteiger partial charge in [0.25, 0.3) is 0 Å². The van der Waals surface area contributed by atoms with Gasteiger partial charge in [0.05, 0.1) is 42.2 Å². The van der Waals surface area contributed by atoms with Crippen molar-refractivity contribution in [2.45, 2.75) is 31.7 Å². The third-order valence-corrected chi connectivity index (χ3v) is 5.86. The number of nitrogens with zero attached hydrogens (tertiary/aromatic N) is 4. The van der Waals surface area contributed by atoms with Crippen LogP contribution >= 0.6 is 0 Å². The average Bonchev–Trinajstić information content (AvgIpc) is 3.26. The molecular formula is C25H25N5O3. The van der Waals surface area contributed by atoms with Gasteiger partial charge in [-0.1, -0.05) is 6.07 Å². The molecule has 1 atom stereocenters. The second kappa shape index (κ2) is 9.28. The summed E-state index contributed by atoms with van der Waals surface area (Å²) >= 11 is 0. The fourth-order valence-corrected chi connectivity index (χ4v) is 4.24. The van der Waals surface area contributed by atoms with Crippen LogP contribution in [0.15, 0.2) is 61.1 Å². The van der Waals surface area contributed by atoms with Crippen molar-refractivity contribution < 1.29 is 14.6 Å². The first-order valence-electron chi connectivity index (χ1n) is 11.1. The zero-order valence-corrected chi connectivity index (χ0v) is 18.1. The van der Waals surface area contributed by atoms with Gasteiger partial charge in [0.2, 0.25) is 0 Å². The molecule has 0 fully saturated rings. The summed E-state index contributed by atoms with van der Waals surface area (Å²) in [5, 5.41) is 18.2. The van der Waals surface area contributed by atoms with Crippen molar-refractivity contribution in [3.05, 3.63) is 78.0 Å². The average molecular weight is 444 g/mol. The molecule has 0 spiro atoms. The summed E-state index contributed by atoms with van der Waals surface area (Å²) in [5.74, 6) is -0.142. The van der Waals surface area contributed by atoms with Gasteiger partial charge in [-0.15, -0.1) is 0 Å². The number of pyridine rings is 2. The minimum absolute atomic E-state index is 0.0793. The quantitative estimate of drug-likeness (QED) is 0.426. The van der Waals surface area contributed by atoms with E-state index in [9.17, 15) is 9.90 Å². The third kappa shape index (κ3) is 4.64. The van der Waals surface area contributed by atoms with E-state index in [-0.39, 0.29) is 6.42 Å². The van der Waals surface area contributed by atoms with E-state index in [1.54, 1.807) is 29.3 Å². The highest BCUT2D eigenvalue weighted by Gasteiger charge is 2.21. The molecule has 1 aliphatic rings. The summed E-state index contributed by atoms with van der Waals surface area (Å²) in [4.78, 5) is 20.4. The van der Waals surface area contributed by atoms with Crippen molar-refractivity contribution in [2.75, 3.05) is 18.5 Å². The summed E-state index contributed by atoms with van der Waals surface area (Å²) < 4.78 is 7.73. The minimum atomic E-state index is -0.890. The maximum Gasteiger partial charge on any atom is 0.305 e. The lowest BCUT2D eigenvalue weighted by molar-refractivity contribution is -0.137. The molecule has 2 N–H and O–H groups in total. The van der Waals surface area contributed by atoms with Gasteiger partial charge in [-0.05, 0) is 54.8 Å². The van der Waals surface area contributed by atoms with Crippen LogP contribution in [0, 0.1) is 0 Å². The Kier molecular flexibility index (Phi) is 5.89. The van der Waals surface area contributed by atoms with E-state index in [2.05, 4.69) is 27.5 Å². The number of aliphatic carboxylic acids is 1. The van der Waals surface area contributed by atoms with Crippen LogP contribution in [-0.2, 0) is 17.6 Å². The topological polar surface area (TPSA) is 102 Å². The van der Waals surface area contributed by atoms with Crippen molar-refractivity contribution in [1.29, 1.82) is 0 Å². The van der Waals surface area contributed by atoms with Crippen molar-refractivity contribution in [2.24, 2.45) is 0 Å². The fourth-order valence-electron chi connectivity index (χ4n) is 4.24. The molecule has 5 rings (SSSR count). The molecule has 1 unspecified atom stereocenters. The van der Waals surface area contributed by atoms with Gasteiger partial charge in [0.15, 0.2) is 0 Å². The number of carboxylic acids is 1. The first kappa shape index (κ1) is 20.9. The van der Waals surface area contributed by atoms with Crippen LogP contribution in [0.3, 0.4) is 0 Å². The lowest BCUT2D eigenvalue weighted by atomic mass is 10.1. The maximum absolute atomic E-state index is 11.5. The van der Waals surface area contributed by atoms with Gasteiger partial charge in [0.1, 0.15) is 5.75 Å². The fraction of sp³-hybridized carbons (Fsp3) is 0.280. The molecule has 1 aliphatic heterocycles. The number of ether oxygens (including phenoxy) is 1. The van der Waals surface area contributed by atoms with Crippen LogP contribution in [0.25, 0.3) is 10.9 Å². The van der Waals surface area contributed by atoms with Crippen LogP contribution in [-0.4, -0.2) is 44.0 Å². The second-order valence-corrected chi connectivity index (χ2v) is 8.14. The Bertz CT molecular complexity index is 1270. The van der Waals surface area contributed by atoms with Gasteiger partial charge in [-0.3, -0.25) is 19.4 Å². The predicted octanol–water partition coefficient (Wildman–Crippen LogP) is 3.87. The van der Waals surface area contributed by atoms with Crippen LogP contribution in [0.1, 0.15) is 35.8 Å². The number of aromatic nitrogens is 4. The molecule has 3 aromatic heterocycles. The van der Waals surface area contributed by atoms with Gasteiger partial charge in [-0.25, -0.2) is 0 Å². The number of nitrogens with one attached hydrogen (secondary N) is 1. The van der Waals surface area contributed by atoms with E-state index in [1.165, 1.54) is 0 Å². The van der Waals surface area contributed by atoms with Gasteiger partial charge >= 0.3 is 5.97 Å².